The predicted octanol–water partition coefficient (Wildman–Crippen LogP) is 3.62. The Hall–Kier alpha value is -3.80. The van der Waals surface area contributed by atoms with E-state index in [4.69, 9.17) is 19.8 Å². The monoisotopic (exact) mass is 541 g/mol. The fourth-order valence-corrected chi connectivity index (χ4v) is 6.10. The van der Waals surface area contributed by atoms with Crippen LogP contribution in [0.4, 0.5) is 4.39 Å². The van der Waals surface area contributed by atoms with Crippen molar-refractivity contribution in [3.63, 3.8) is 0 Å². The number of aryl methyl sites for hydroxylation is 1. The van der Waals surface area contributed by atoms with Gasteiger partial charge in [0, 0.05) is 61.1 Å². The summed E-state index contributed by atoms with van der Waals surface area (Å²) in [5.41, 5.74) is 3.72. The van der Waals surface area contributed by atoms with Gasteiger partial charge in [-0.15, -0.1) is 0 Å². The van der Waals surface area contributed by atoms with E-state index in [1.54, 1.807) is 0 Å². The van der Waals surface area contributed by atoms with Crippen LogP contribution >= 0.6 is 0 Å². The average Bonchev–Trinajstić information content (AvgIpc) is 3.22. The number of para-hydroxylation sites is 1. The molecule has 1 fully saturated rings. The molecule has 0 aliphatic carbocycles. The zero-order valence-corrected chi connectivity index (χ0v) is 21.6. The van der Waals surface area contributed by atoms with Gasteiger partial charge in [0.25, 0.3) is 0 Å². The quantitative estimate of drug-likeness (QED) is 0.370. The van der Waals surface area contributed by atoms with Gasteiger partial charge >= 0.3 is 11.9 Å². The average molecular weight is 542 g/mol. The van der Waals surface area contributed by atoms with Crippen LogP contribution in [-0.2, 0) is 32.7 Å². The second-order valence-corrected chi connectivity index (χ2v) is 10.8. The van der Waals surface area contributed by atoms with E-state index in [-0.39, 0.29) is 4.90 Å². The maximum Gasteiger partial charge on any atom is 0.414 e. The van der Waals surface area contributed by atoms with Gasteiger partial charge in [-0.05, 0) is 55.0 Å². The molecule has 2 N–H and O–H groups in total. The van der Waals surface area contributed by atoms with Crippen molar-refractivity contribution in [1.29, 1.82) is 0 Å². The summed E-state index contributed by atoms with van der Waals surface area (Å²) in [6.45, 7) is 6.05. The molecule has 5 rings (SSSR count). The lowest BCUT2D eigenvalue weighted by Gasteiger charge is -2.34. The predicted molar refractivity (Wildman–Crippen MR) is 141 cm³/mol. The van der Waals surface area contributed by atoms with Crippen LogP contribution < -0.4 is 0 Å². The van der Waals surface area contributed by atoms with Crippen LogP contribution in [0.15, 0.2) is 71.6 Å². The first kappa shape index (κ1) is 27.2. The zero-order valence-electron chi connectivity index (χ0n) is 20.7. The van der Waals surface area contributed by atoms with E-state index in [1.807, 2.05) is 0 Å². The van der Waals surface area contributed by atoms with Gasteiger partial charge in [-0.2, -0.15) is 4.31 Å². The van der Waals surface area contributed by atoms with Gasteiger partial charge < -0.3 is 14.8 Å². The van der Waals surface area contributed by atoms with Crippen LogP contribution in [0, 0.1) is 5.82 Å². The normalized spacial score (nSPS) is 14.8. The van der Waals surface area contributed by atoms with Gasteiger partial charge in [0.15, 0.2) is 0 Å². The maximum atomic E-state index is 13.2. The van der Waals surface area contributed by atoms with Crippen molar-refractivity contribution < 1.29 is 32.6 Å². The maximum absolute atomic E-state index is 13.2. The number of carboxylic acids is 2. The Balaban J connectivity index is 0.000000505. The van der Waals surface area contributed by atoms with Crippen LogP contribution in [0.2, 0.25) is 0 Å². The minimum Gasteiger partial charge on any atom is -0.473 e. The number of aromatic nitrogens is 1. The van der Waals surface area contributed by atoms with Crippen LogP contribution in [0.5, 0.6) is 0 Å². The van der Waals surface area contributed by atoms with Crippen molar-refractivity contribution in [2.45, 2.75) is 24.9 Å². The molecule has 1 aliphatic rings. The first-order chi connectivity index (χ1) is 18.1. The molecule has 0 bridgehead atoms. The van der Waals surface area contributed by atoms with Crippen molar-refractivity contribution in [1.82, 2.24) is 13.8 Å². The molecule has 38 heavy (non-hydrogen) atoms. The number of halogens is 1. The van der Waals surface area contributed by atoms with Crippen molar-refractivity contribution in [3.8, 4) is 0 Å². The molecule has 0 amide bonds. The van der Waals surface area contributed by atoms with Crippen molar-refractivity contribution in [2.75, 3.05) is 26.2 Å². The van der Waals surface area contributed by atoms with Crippen molar-refractivity contribution in [3.05, 3.63) is 78.1 Å². The van der Waals surface area contributed by atoms with Gasteiger partial charge in [0.05, 0.1) is 4.90 Å². The Morgan fingerprint density at radius 1 is 0.842 bits per heavy atom. The highest BCUT2D eigenvalue weighted by atomic mass is 32.2. The molecule has 200 valence electrons. The Morgan fingerprint density at radius 2 is 1.45 bits per heavy atom. The number of aliphatic carboxylic acids is 2. The van der Waals surface area contributed by atoms with Gasteiger partial charge in [0.1, 0.15) is 5.82 Å². The molecule has 11 heteroatoms. The molecule has 3 aromatic carbocycles. The van der Waals surface area contributed by atoms with E-state index in [1.165, 1.54) is 55.9 Å². The van der Waals surface area contributed by atoms with Crippen LogP contribution in [0.3, 0.4) is 0 Å². The number of sulfonamides is 1. The fourth-order valence-electron chi connectivity index (χ4n) is 4.68. The minimum absolute atomic E-state index is 0.144. The molecular weight excluding hydrogens is 513 g/mol. The third-order valence-corrected chi connectivity index (χ3v) is 8.44. The molecule has 0 unspecified atom stereocenters. The van der Waals surface area contributed by atoms with Crippen LogP contribution in [-0.4, -0.2) is 70.5 Å². The lowest BCUT2D eigenvalue weighted by atomic mass is 10.1. The summed E-state index contributed by atoms with van der Waals surface area (Å²) in [6.07, 6.45) is 0. The first-order valence-corrected chi connectivity index (χ1v) is 13.5. The summed E-state index contributed by atoms with van der Waals surface area (Å²) in [5, 5.41) is 17.3. The number of piperazine rings is 1. The van der Waals surface area contributed by atoms with E-state index in [9.17, 15) is 12.8 Å². The number of nitrogens with zero attached hydrogens (tertiary/aromatic N) is 3. The Morgan fingerprint density at radius 3 is 2.05 bits per heavy atom. The fraction of sp³-hybridized carbons (Fsp3) is 0.259. The summed E-state index contributed by atoms with van der Waals surface area (Å²) in [4.78, 5) is 20.6. The number of carboxylic acid groups (broad SMARTS) is 2. The number of rotatable bonds is 5. The topological polar surface area (TPSA) is 120 Å². The van der Waals surface area contributed by atoms with Gasteiger partial charge in [-0.3, -0.25) is 4.90 Å². The van der Waals surface area contributed by atoms with Crippen molar-refractivity contribution >= 4 is 43.8 Å². The Labute approximate surface area is 219 Å². The molecule has 4 aromatic rings. The van der Waals surface area contributed by atoms with Crippen molar-refractivity contribution in [2.24, 2.45) is 0 Å². The summed E-state index contributed by atoms with van der Waals surface area (Å²) in [5.74, 6) is -4.09. The smallest absolute Gasteiger partial charge is 0.414 e. The molecule has 9 nitrogen and oxygen atoms in total. The molecule has 0 spiro atoms. The molecule has 1 aliphatic heterocycles. The standard InChI is InChI=1S/C25H26FN3O2S.C2H2O4/c1-2-29-24-6-4-3-5-22(24)23-17-19(7-12-25(23)29)18-27-13-15-28(16-14-27)32(30,31)21-10-8-20(26)9-11-21;3-1(4)2(5)6/h3-12,17H,2,13-16,18H2,1H3;(H,3,4)(H,5,6). The highest BCUT2D eigenvalue weighted by Crippen LogP contribution is 2.30. The minimum atomic E-state index is -3.59. The van der Waals surface area contributed by atoms with E-state index < -0.39 is 27.8 Å². The number of benzene rings is 3. The van der Waals surface area contributed by atoms with E-state index >= 15 is 0 Å². The van der Waals surface area contributed by atoms with Gasteiger partial charge in [-0.25, -0.2) is 22.4 Å². The number of hydrogen-bond donors (Lipinski definition) is 2. The van der Waals surface area contributed by atoms with Crippen LogP contribution in [0.1, 0.15) is 12.5 Å². The second kappa shape index (κ2) is 11.3. The van der Waals surface area contributed by atoms with E-state index in [2.05, 4.69) is 58.9 Å². The molecule has 0 saturated carbocycles. The largest absolute Gasteiger partial charge is 0.473 e. The summed E-state index contributed by atoms with van der Waals surface area (Å²) in [6, 6.07) is 20.2. The number of fused-ring (bicyclic) bond motifs is 3. The Kier molecular flexibility index (Phi) is 8.10. The Bertz CT molecular complexity index is 1560. The molecule has 2 heterocycles. The van der Waals surface area contributed by atoms with E-state index in [0.29, 0.717) is 26.2 Å². The molecule has 0 radical (unpaired) electrons. The zero-order chi connectivity index (χ0) is 27.4. The first-order valence-electron chi connectivity index (χ1n) is 12.1. The highest BCUT2D eigenvalue weighted by molar-refractivity contribution is 7.89. The third-order valence-electron chi connectivity index (χ3n) is 6.52. The molecule has 1 saturated heterocycles. The third kappa shape index (κ3) is 5.69. The van der Waals surface area contributed by atoms with E-state index in [0.717, 1.165) is 13.1 Å². The highest BCUT2D eigenvalue weighted by Gasteiger charge is 2.28. The molecular formula is C27H28FN3O6S. The molecule has 0 atom stereocenters. The SMILES string of the molecule is CCn1c2ccccc2c2cc(CN3CCN(S(=O)(=O)c4ccc(F)cc4)CC3)ccc21.O=C(O)C(=O)O. The number of hydrogen-bond acceptors (Lipinski definition) is 5. The summed E-state index contributed by atoms with van der Waals surface area (Å²) in [7, 11) is -3.59. The summed E-state index contributed by atoms with van der Waals surface area (Å²) < 4.78 is 42.7. The van der Waals surface area contributed by atoms with Crippen LogP contribution in [0.25, 0.3) is 21.8 Å². The van der Waals surface area contributed by atoms with Gasteiger partial charge in [-0.1, -0.05) is 24.3 Å². The number of carbonyl (C=O) groups is 2. The van der Waals surface area contributed by atoms with Gasteiger partial charge in [0.2, 0.25) is 10.0 Å². The molecule has 1 aromatic heterocycles. The lowest BCUT2D eigenvalue weighted by molar-refractivity contribution is -0.159. The lowest BCUT2D eigenvalue weighted by Crippen LogP contribution is -2.48. The summed E-state index contributed by atoms with van der Waals surface area (Å²) >= 11 is 0. The second-order valence-electron chi connectivity index (χ2n) is 8.86.